The number of rotatable bonds is 3. The Morgan fingerprint density at radius 2 is 1.91 bits per heavy atom. The standard InChI is InChI=1S/C28H26ClN3O3/c1-18-6-5-8-22(14-18)32-13-12-31(17-19(32)2)28(34)21-10-11-25-24(15-21)30-27(33)26(35-25)16-20-7-3-4-9-23(20)29/h3-11,14-16,19H,12-13,17H2,1-2H3,(H,30,33)/b26-16+/t19-/m0/s1. The van der Waals surface area contributed by atoms with Crippen molar-refractivity contribution in [1.82, 2.24) is 4.90 Å². The van der Waals surface area contributed by atoms with Crippen molar-refractivity contribution in [3.8, 4) is 5.75 Å². The highest BCUT2D eigenvalue weighted by Gasteiger charge is 2.29. The molecule has 0 unspecified atom stereocenters. The smallest absolute Gasteiger partial charge is 0.291 e. The van der Waals surface area contributed by atoms with Gasteiger partial charge >= 0.3 is 0 Å². The number of carbonyl (C=O) groups excluding carboxylic acids is 2. The Balaban J connectivity index is 1.30. The van der Waals surface area contributed by atoms with Gasteiger partial charge in [-0.2, -0.15) is 0 Å². The van der Waals surface area contributed by atoms with Crippen LogP contribution < -0.4 is 15.0 Å². The molecular weight excluding hydrogens is 462 g/mol. The minimum absolute atomic E-state index is 0.0600. The van der Waals surface area contributed by atoms with Crippen LogP contribution in [0.15, 0.2) is 72.5 Å². The van der Waals surface area contributed by atoms with Gasteiger partial charge < -0.3 is 19.9 Å². The summed E-state index contributed by atoms with van der Waals surface area (Å²) in [6, 6.07) is 21.0. The lowest BCUT2D eigenvalue weighted by molar-refractivity contribution is -0.115. The van der Waals surface area contributed by atoms with Gasteiger partial charge in [-0.15, -0.1) is 0 Å². The molecule has 5 rings (SSSR count). The van der Waals surface area contributed by atoms with E-state index in [4.69, 9.17) is 16.3 Å². The molecule has 3 aromatic rings. The molecule has 3 aromatic carbocycles. The first-order valence-electron chi connectivity index (χ1n) is 11.6. The third-order valence-corrected chi connectivity index (χ3v) is 6.70. The van der Waals surface area contributed by atoms with Crippen molar-refractivity contribution < 1.29 is 14.3 Å². The number of nitrogens with zero attached hydrogens (tertiary/aromatic N) is 2. The van der Waals surface area contributed by atoms with Gasteiger partial charge in [0.1, 0.15) is 0 Å². The van der Waals surface area contributed by atoms with Crippen LogP contribution in [0.1, 0.15) is 28.4 Å². The summed E-state index contributed by atoms with van der Waals surface area (Å²) >= 11 is 6.20. The van der Waals surface area contributed by atoms with Crippen LogP contribution in [0.25, 0.3) is 6.08 Å². The summed E-state index contributed by atoms with van der Waals surface area (Å²) in [6.07, 6.45) is 1.61. The molecule has 7 heteroatoms. The Morgan fingerprint density at radius 3 is 2.69 bits per heavy atom. The minimum Gasteiger partial charge on any atom is -0.449 e. The quantitative estimate of drug-likeness (QED) is 0.504. The number of fused-ring (bicyclic) bond motifs is 1. The second kappa shape index (κ2) is 9.47. The number of halogens is 1. The fourth-order valence-electron chi connectivity index (χ4n) is 4.54. The van der Waals surface area contributed by atoms with E-state index in [1.807, 2.05) is 23.1 Å². The van der Waals surface area contributed by atoms with E-state index >= 15 is 0 Å². The normalized spacial score (nSPS) is 18.7. The topological polar surface area (TPSA) is 61.9 Å². The number of benzene rings is 3. The maximum atomic E-state index is 13.3. The van der Waals surface area contributed by atoms with Gasteiger partial charge in [-0.1, -0.05) is 41.9 Å². The third-order valence-electron chi connectivity index (χ3n) is 6.36. The number of nitrogens with one attached hydrogen (secondary N) is 1. The van der Waals surface area contributed by atoms with Crippen molar-refractivity contribution in [3.63, 3.8) is 0 Å². The van der Waals surface area contributed by atoms with E-state index in [0.717, 1.165) is 6.54 Å². The zero-order valence-corrected chi connectivity index (χ0v) is 20.4. The molecule has 1 fully saturated rings. The van der Waals surface area contributed by atoms with Crippen molar-refractivity contribution >= 4 is 40.9 Å². The van der Waals surface area contributed by atoms with Crippen molar-refractivity contribution in [2.45, 2.75) is 19.9 Å². The lowest BCUT2D eigenvalue weighted by Crippen LogP contribution is -2.53. The van der Waals surface area contributed by atoms with E-state index in [1.54, 1.807) is 30.3 Å². The predicted molar refractivity (Wildman–Crippen MR) is 139 cm³/mol. The molecule has 0 aromatic heterocycles. The molecule has 0 radical (unpaired) electrons. The van der Waals surface area contributed by atoms with Gasteiger partial charge in [0.2, 0.25) is 0 Å². The molecule has 2 amide bonds. The van der Waals surface area contributed by atoms with E-state index in [2.05, 4.69) is 48.3 Å². The number of ether oxygens (including phenoxy) is 1. The van der Waals surface area contributed by atoms with Crippen molar-refractivity contribution in [1.29, 1.82) is 0 Å². The minimum atomic E-state index is -0.387. The molecule has 0 aliphatic carbocycles. The first-order chi connectivity index (χ1) is 16.9. The largest absolute Gasteiger partial charge is 0.449 e. The Morgan fingerprint density at radius 1 is 1.09 bits per heavy atom. The number of piperazine rings is 1. The number of amides is 2. The Kier molecular flexibility index (Phi) is 6.22. The highest BCUT2D eigenvalue weighted by atomic mass is 35.5. The van der Waals surface area contributed by atoms with Gasteiger partial charge in [-0.25, -0.2) is 0 Å². The highest BCUT2D eigenvalue weighted by molar-refractivity contribution is 6.32. The molecule has 0 spiro atoms. The molecule has 0 saturated carbocycles. The molecule has 178 valence electrons. The van der Waals surface area contributed by atoms with Gasteiger partial charge in [-0.05, 0) is 67.4 Å². The fourth-order valence-corrected chi connectivity index (χ4v) is 4.73. The Bertz CT molecular complexity index is 1340. The second-order valence-electron chi connectivity index (χ2n) is 8.93. The summed E-state index contributed by atoms with van der Waals surface area (Å²) in [5, 5.41) is 3.36. The predicted octanol–water partition coefficient (Wildman–Crippen LogP) is 5.37. The average Bonchev–Trinajstić information content (AvgIpc) is 2.85. The molecule has 2 aliphatic heterocycles. The first-order valence-corrected chi connectivity index (χ1v) is 12.0. The number of anilines is 2. The van der Waals surface area contributed by atoms with Crippen molar-refractivity contribution in [3.05, 3.63) is 94.2 Å². The Labute approximate surface area is 209 Å². The van der Waals surface area contributed by atoms with Crippen LogP contribution in [0.5, 0.6) is 5.75 Å². The molecule has 0 bridgehead atoms. The summed E-state index contributed by atoms with van der Waals surface area (Å²) in [5.41, 5.74) is 4.08. The van der Waals surface area contributed by atoms with Crippen molar-refractivity contribution in [2.75, 3.05) is 29.9 Å². The third kappa shape index (κ3) is 4.75. The maximum absolute atomic E-state index is 13.3. The lowest BCUT2D eigenvalue weighted by Gasteiger charge is -2.41. The molecule has 1 N–H and O–H groups in total. The first kappa shape index (κ1) is 23.0. The van der Waals surface area contributed by atoms with Gasteiger partial charge in [-0.3, -0.25) is 9.59 Å². The summed E-state index contributed by atoms with van der Waals surface area (Å²) in [6.45, 7) is 6.23. The average molecular weight is 488 g/mol. The zero-order valence-electron chi connectivity index (χ0n) is 19.6. The van der Waals surface area contributed by atoms with E-state index in [1.165, 1.54) is 11.3 Å². The van der Waals surface area contributed by atoms with Gasteiger partial charge in [0, 0.05) is 41.9 Å². The van der Waals surface area contributed by atoms with Crippen LogP contribution in [0.4, 0.5) is 11.4 Å². The monoisotopic (exact) mass is 487 g/mol. The van der Waals surface area contributed by atoms with Gasteiger partial charge in [0.05, 0.1) is 5.69 Å². The van der Waals surface area contributed by atoms with Crippen molar-refractivity contribution in [2.24, 2.45) is 0 Å². The Hall–Kier alpha value is -3.77. The summed E-state index contributed by atoms with van der Waals surface area (Å²) < 4.78 is 5.83. The molecule has 35 heavy (non-hydrogen) atoms. The summed E-state index contributed by atoms with van der Waals surface area (Å²) in [5.74, 6) is 0.181. The van der Waals surface area contributed by atoms with Gasteiger partial charge in [0.25, 0.3) is 11.8 Å². The molecule has 1 atom stereocenters. The van der Waals surface area contributed by atoms with E-state index in [0.29, 0.717) is 40.7 Å². The highest BCUT2D eigenvalue weighted by Crippen LogP contribution is 2.33. The van der Waals surface area contributed by atoms with Gasteiger partial charge in [0.15, 0.2) is 11.5 Å². The molecule has 2 heterocycles. The maximum Gasteiger partial charge on any atom is 0.291 e. The van der Waals surface area contributed by atoms with Crippen LogP contribution >= 0.6 is 11.6 Å². The number of hydrogen-bond donors (Lipinski definition) is 1. The van der Waals surface area contributed by atoms with Crippen LogP contribution in [0.3, 0.4) is 0 Å². The fraction of sp³-hybridized carbons (Fsp3) is 0.214. The SMILES string of the molecule is Cc1cccc(N2CCN(C(=O)c3ccc4c(c3)NC(=O)/C(=C\c3ccccc3Cl)O4)C[C@@H]2C)c1. The summed E-state index contributed by atoms with van der Waals surface area (Å²) in [7, 11) is 0. The van der Waals surface area contributed by atoms with E-state index < -0.39 is 0 Å². The number of aryl methyl sites for hydroxylation is 1. The zero-order chi connectivity index (χ0) is 24.5. The van der Waals surface area contributed by atoms with Crippen LogP contribution in [0, 0.1) is 6.92 Å². The van der Waals surface area contributed by atoms with Crippen LogP contribution in [-0.2, 0) is 4.79 Å². The molecule has 1 saturated heterocycles. The van der Waals surface area contributed by atoms with Crippen LogP contribution in [0.2, 0.25) is 5.02 Å². The van der Waals surface area contributed by atoms with E-state index in [-0.39, 0.29) is 23.6 Å². The van der Waals surface area contributed by atoms with E-state index in [9.17, 15) is 9.59 Å². The lowest BCUT2D eigenvalue weighted by atomic mass is 10.1. The number of carbonyl (C=O) groups is 2. The molecular formula is C28H26ClN3O3. The van der Waals surface area contributed by atoms with Crippen LogP contribution in [-0.4, -0.2) is 42.4 Å². The number of hydrogen-bond acceptors (Lipinski definition) is 4. The second-order valence-corrected chi connectivity index (χ2v) is 9.34. The molecule has 6 nitrogen and oxygen atoms in total. The summed E-state index contributed by atoms with van der Waals surface area (Å²) in [4.78, 5) is 30.1. The molecule has 2 aliphatic rings.